The first-order valence-electron chi connectivity index (χ1n) is 9.20. The Balaban J connectivity index is 1.76. The Hall–Kier alpha value is -1.88. The van der Waals surface area contributed by atoms with Crippen molar-refractivity contribution < 1.29 is 19.4 Å². The van der Waals surface area contributed by atoms with Crippen LogP contribution in [0.5, 0.6) is 11.5 Å². The van der Waals surface area contributed by atoms with Crippen LogP contribution in [-0.4, -0.2) is 38.8 Å². The standard InChI is InChI=1S/C21H18Br2N2O4S2/c1-3-29-15-6-4-14(5-7-15)24-19(27)11(2)25-20(28)17(31-21(25)30)9-12-8-13(22)10-16(23)18(12)26/h4-11,26H,3H2,1-2H3,(H,24,27)/b17-9-. The molecule has 1 saturated heterocycles. The summed E-state index contributed by atoms with van der Waals surface area (Å²) in [4.78, 5) is 27.3. The molecule has 2 N–H and O–H groups in total. The molecule has 1 aliphatic heterocycles. The van der Waals surface area contributed by atoms with Crippen molar-refractivity contribution in [1.29, 1.82) is 0 Å². The normalized spacial score (nSPS) is 16.0. The van der Waals surface area contributed by atoms with Gasteiger partial charge in [-0.2, -0.15) is 0 Å². The van der Waals surface area contributed by atoms with Crippen LogP contribution in [-0.2, 0) is 9.59 Å². The lowest BCUT2D eigenvalue weighted by atomic mass is 10.1. The largest absolute Gasteiger partial charge is 0.506 e. The number of thiocarbonyl (C=S) groups is 1. The molecule has 1 fully saturated rings. The molecule has 1 unspecified atom stereocenters. The number of phenolic OH excluding ortho intramolecular Hbond substituents is 1. The van der Waals surface area contributed by atoms with Crippen LogP contribution in [0.25, 0.3) is 6.08 Å². The summed E-state index contributed by atoms with van der Waals surface area (Å²) in [7, 11) is 0. The van der Waals surface area contributed by atoms with Crippen molar-refractivity contribution in [2.24, 2.45) is 0 Å². The predicted octanol–water partition coefficient (Wildman–Crippen LogP) is 5.54. The number of phenols is 1. The highest BCUT2D eigenvalue weighted by molar-refractivity contribution is 9.11. The van der Waals surface area contributed by atoms with Crippen molar-refractivity contribution in [3.05, 3.63) is 55.8 Å². The van der Waals surface area contributed by atoms with Gasteiger partial charge in [-0.05, 0) is 72.3 Å². The van der Waals surface area contributed by atoms with E-state index in [9.17, 15) is 14.7 Å². The third-order valence-electron chi connectivity index (χ3n) is 4.37. The number of ether oxygens (including phenoxy) is 1. The summed E-state index contributed by atoms with van der Waals surface area (Å²) in [6.07, 6.45) is 1.56. The lowest BCUT2D eigenvalue weighted by Crippen LogP contribution is -2.44. The number of hydrogen-bond acceptors (Lipinski definition) is 6. The average Bonchev–Trinajstić information content (AvgIpc) is 2.99. The van der Waals surface area contributed by atoms with Gasteiger partial charge in [0.1, 0.15) is 21.9 Å². The molecule has 0 aliphatic carbocycles. The Morgan fingerprint density at radius 2 is 2.00 bits per heavy atom. The summed E-state index contributed by atoms with van der Waals surface area (Å²) < 4.78 is 6.90. The summed E-state index contributed by atoms with van der Waals surface area (Å²) in [6.45, 7) is 4.06. The van der Waals surface area contributed by atoms with Gasteiger partial charge in [-0.1, -0.05) is 39.9 Å². The summed E-state index contributed by atoms with van der Waals surface area (Å²) in [5.41, 5.74) is 1.04. The van der Waals surface area contributed by atoms with Gasteiger partial charge in [0.15, 0.2) is 0 Å². The second kappa shape index (κ2) is 10.2. The minimum atomic E-state index is -0.812. The fraction of sp³-hybridized carbons (Fsp3) is 0.190. The van der Waals surface area contributed by atoms with E-state index >= 15 is 0 Å². The van der Waals surface area contributed by atoms with E-state index < -0.39 is 6.04 Å². The Morgan fingerprint density at radius 3 is 2.65 bits per heavy atom. The van der Waals surface area contributed by atoms with E-state index in [-0.39, 0.29) is 21.9 Å². The zero-order chi connectivity index (χ0) is 22.7. The number of benzene rings is 2. The Labute approximate surface area is 206 Å². The van der Waals surface area contributed by atoms with Gasteiger partial charge in [-0.3, -0.25) is 14.5 Å². The maximum atomic E-state index is 13.0. The number of rotatable bonds is 6. The molecule has 0 spiro atoms. The van der Waals surface area contributed by atoms with Gasteiger partial charge in [0, 0.05) is 15.7 Å². The van der Waals surface area contributed by atoms with Crippen LogP contribution in [0.3, 0.4) is 0 Å². The first kappa shape index (κ1) is 23.8. The highest BCUT2D eigenvalue weighted by Crippen LogP contribution is 2.38. The molecule has 2 amide bonds. The Morgan fingerprint density at radius 1 is 1.32 bits per heavy atom. The van der Waals surface area contributed by atoms with Crippen LogP contribution in [0.2, 0.25) is 0 Å². The molecule has 1 heterocycles. The first-order valence-corrected chi connectivity index (χ1v) is 12.0. The summed E-state index contributed by atoms with van der Waals surface area (Å²) in [5, 5.41) is 13.1. The second-order valence-electron chi connectivity index (χ2n) is 6.50. The third-order valence-corrected chi connectivity index (χ3v) is 6.76. The lowest BCUT2D eigenvalue weighted by Gasteiger charge is -2.22. The highest BCUT2D eigenvalue weighted by atomic mass is 79.9. The maximum Gasteiger partial charge on any atom is 0.266 e. The monoisotopic (exact) mass is 584 g/mol. The number of aromatic hydroxyl groups is 1. The van der Waals surface area contributed by atoms with Gasteiger partial charge in [0.05, 0.1) is 16.0 Å². The molecule has 1 atom stereocenters. The van der Waals surface area contributed by atoms with E-state index in [1.54, 1.807) is 49.4 Å². The summed E-state index contributed by atoms with van der Waals surface area (Å²) >= 11 is 13.1. The molecule has 2 aromatic rings. The molecule has 0 saturated carbocycles. The lowest BCUT2D eigenvalue weighted by molar-refractivity contribution is -0.129. The second-order valence-corrected chi connectivity index (χ2v) is 9.95. The minimum Gasteiger partial charge on any atom is -0.506 e. The number of nitrogens with one attached hydrogen (secondary N) is 1. The van der Waals surface area contributed by atoms with E-state index in [4.69, 9.17) is 17.0 Å². The smallest absolute Gasteiger partial charge is 0.266 e. The van der Waals surface area contributed by atoms with Crippen LogP contribution in [0.4, 0.5) is 5.69 Å². The van der Waals surface area contributed by atoms with Crippen LogP contribution < -0.4 is 10.1 Å². The van der Waals surface area contributed by atoms with E-state index in [0.29, 0.717) is 33.0 Å². The number of amides is 2. The number of halogens is 2. The molecule has 2 aromatic carbocycles. The van der Waals surface area contributed by atoms with Gasteiger partial charge in [0.25, 0.3) is 5.91 Å². The van der Waals surface area contributed by atoms with Crippen molar-refractivity contribution in [3.8, 4) is 11.5 Å². The molecule has 162 valence electrons. The zero-order valence-corrected chi connectivity index (χ0v) is 21.3. The van der Waals surface area contributed by atoms with Gasteiger partial charge in [-0.15, -0.1) is 0 Å². The number of carbonyl (C=O) groups excluding carboxylic acids is 2. The number of hydrogen-bond donors (Lipinski definition) is 2. The van der Waals surface area contributed by atoms with Crippen molar-refractivity contribution >= 4 is 83.7 Å². The van der Waals surface area contributed by atoms with Crippen LogP contribution >= 0.6 is 55.8 Å². The van der Waals surface area contributed by atoms with Crippen molar-refractivity contribution in [1.82, 2.24) is 4.90 Å². The van der Waals surface area contributed by atoms with Gasteiger partial charge in [0.2, 0.25) is 5.91 Å². The van der Waals surface area contributed by atoms with E-state index in [0.717, 1.165) is 16.2 Å². The molecule has 10 heteroatoms. The Kier molecular flexibility index (Phi) is 7.79. The zero-order valence-electron chi connectivity index (χ0n) is 16.5. The molecular weight excluding hydrogens is 568 g/mol. The maximum absolute atomic E-state index is 13.0. The van der Waals surface area contributed by atoms with Gasteiger partial charge < -0.3 is 15.2 Å². The number of nitrogens with zero attached hydrogens (tertiary/aromatic N) is 1. The molecule has 0 radical (unpaired) electrons. The van der Waals surface area contributed by atoms with Crippen LogP contribution in [0, 0.1) is 0 Å². The molecule has 3 rings (SSSR count). The molecule has 6 nitrogen and oxygen atoms in total. The number of carbonyl (C=O) groups is 2. The van der Waals surface area contributed by atoms with Crippen LogP contribution in [0.1, 0.15) is 19.4 Å². The van der Waals surface area contributed by atoms with Crippen molar-refractivity contribution in [2.45, 2.75) is 19.9 Å². The van der Waals surface area contributed by atoms with Gasteiger partial charge in [-0.25, -0.2) is 0 Å². The number of thioether (sulfide) groups is 1. The predicted molar refractivity (Wildman–Crippen MR) is 134 cm³/mol. The molecule has 1 aliphatic rings. The number of anilines is 1. The fourth-order valence-corrected chi connectivity index (χ4v) is 5.48. The van der Waals surface area contributed by atoms with Crippen LogP contribution in [0.15, 0.2) is 50.2 Å². The highest BCUT2D eigenvalue weighted by Gasteiger charge is 2.38. The molecular formula is C21H18Br2N2O4S2. The van der Waals surface area contributed by atoms with E-state index in [1.807, 2.05) is 6.92 Å². The summed E-state index contributed by atoms with van der Waals surface area (Å²) in [6, 6.07) is 9.55. The fourth-order valence-electron chi connectivity index (χ4n) is 2.82. The molecule has 0 bridgehead atoms. The van der Waals surface area contributed by atoms with E-state index in [1.165, 1.54) is 4.90 Å². The van der Waals surface area contributed by atoms with E-state index in [2.05, 4.69) is 37.2 Å². The topological polar surface area (TPSA) is 78.9 Å². The molecule has 0 aromatic heterocycles. The molecule has 31 heavy (non-hydrogen) atoms. The first-order chi connectivity index (χ1) is 14.7. The average molecular weight is 586 g/mol. The SMILES string of the molecule is CCOc1ccc(NC(=O)C(C)N2C(=O)/C(=C/c3cc(Br)cc(Br)c3O)SC2=S)cc1. The van der Waals surface area contributed by atoms with Crippen molar-refractivity contribution in [3.63, 3.8) is 0 Å². The third kappa shape index (κ3) is 5.49. The van der Waals surface area contributed by atoms with Crippen molar-refractivity contribution in [2.75, 3.05) is 11.9 Å². The summed E-state index contributed by atoms with van der Waals surface area (Å²) in [5.74, 6) is -0.0394. The quantitative estimate of drug-likeness (QED) is 0.342. The Bertz CT molecular complexity index is 1070. The minimum absolute atomic E-state index is 0.00904. The van der Waals surface area contributed by atoms with Gasteiger partial charge >= 0.3 is 0 Å².